The molecule has 0 bridgehead atoms. The molecular weight excluding hydrogens is 395 g/mol. The SMILES string of the molecule is COc1ccc(Cl)cc1C[PH](c1ccccc1)(c1ccccc1)c1ccccc1. The maximum atomic E-state index is 6.40. The molecule has 0 spiro atoms. The van der Waals surface area contributed by atoms with Crippen molar-refractivity contribution in [2.75, 3.05) is 7.11 Å². The third-order valence-corrected chi connectivity index (χ3v) is 10.6. The Labute approximate surface area is 178 Å². The van der Waals surface area contributed by atoms with Crippen LogP contribution in [0.3, 0.4) is 0 Å². The topological polar surface area (TPSA) is 9.23 Å². The van der Waals surface area contributed by atoms with E-state index in [2.05, 4.69) is 97.1 Å². The predicted octanol–water partition coefficient (Wildman–Crippen LogP) is 5.58. The molecule has 4 aromatic rings. The van der Waals surface area contributed by atoms with Crippen molar-refractivity contribution in [3.05, 3.63) is 120 Å². The fraction of sp³-hybridized carbons (Fsp3) is 0.0769. The molecule has 0 fully saturated rings. The zero-order chi connectivity index (χ0) is 20.1. The van der Waals surface area contributed by atoms with Crippen molar-refractivity contribution >= 4 is 34.8 Å². The van der Waals surface area contributed by atoms with E-state index in [9.17, 15) is 0 Å². The van der Waals surface area contributed by atoms with Crippen molar-refractivity contribution in [2.45, 2.75) is 6.16 Å². The third kappa shape index (κ3) is 3.94. The Hall–Kier alpha value is -2.60. The van der Waals surface area contributed by atoms with Crippen molar-refractivity contribution in [1.82, 2.24) is 0 Å². The van der Waals surface area contributed by atoms with Gasteiger partial charge in [0.2, 0.25) is 0 Å². The van der Waals surface area contributed by atoms with Crippen LogP contribution in [0.15, 0.2) is 109 Å². The van der Waals surface area contributed by atoms with Crippen LogP contribution in [0, 0.1) is 0 Å². The van der Waals surface area contributed by atoms with Gasteiger partial charge in [0.1, 0.15) is 0 Å². The van der Waals surface area contributed by atoms with Gasteiger partial charge in [0.25, 0.3) is 0 Å². The molecule has 0 unspecified atom stereocenters. The molecule has 0 amide bonds. The van der Waals surface area contributed by atoms with E-state index in [1.807, 2.05) is 12.1 Å². The maximum absolute atomic E-state index is 6.40. The van der Waals surface area contributed by atoms with Gasteiger partial charge in [-0.2, -0.15) is 0 Å². The summed E-state index contributed by atoms with van der Waals surface area (Å²) in [6, 6.07) is 38.6. The van der Waals surface area contributed by atoms with Crippen LogP contribution >= 0.6 is 18.9 Å². The molecule has 4 aromatic carbocycles. The molecule has 29 heavy (non-hydrogen) atoms. The van der Waals surface area contributed by atoms with Crippen LogP contribution in [0.1, 0.15) is 5.56 Å². The van der Waals surface area contributed by atoms with E-state index in [1.165, 1.54) is 15.9 Å². The molecule has 0 aromatic heterocycles. The molecule has 0 atom stereocenters. The Kier molecular flexibility index (Phi) is 6.00. The molecule has 146 valence electrons. The number of halogens is 1. The number of rotatable bonds is 6. The van der Waals surface area contributed by atoms with Gasteiger partial charge in [0, 0.05) is 0 Å². The molecule has 0 saturated heterocycles. The molecule has 0 aliphatic rings. The number of benzene rings is 4. The summed E-state index contributed by atoms with van der Waals surface area (Å²) in [7, 11) is -0.648. The Morgan fingerprint density at radius 2 is 1.10 bits per heavy atom. The predicted molar refractivity (Wildman–Crippen MR) is 128 cm³/mol. The molecule has 0 radical (unpaired) electrons. The molecule has 1 nitrogen and oxygen atoms in total. The number of ether oxygens (including phenoxy) is 1. The Morgan fingerprint density at radius 3 is 1.52 bits per heavy atom. The number of hydrogen-bond acceptors (Lipinski definition) is 1. The van der Waals surface area contributed by atoms with E-state index in [0.717, 1.165) is 22.5 Å². The number of methoxy groups -OCH3 is 1. The molecule has 0 heterocycles. The van der Waals surface area contributed by atoms with Crippen molar-refractivity contribution < 1.29 is 4.74 Å². The van der Waals surface area contributed by atoms with Crippen LogP contribution in [-0.2, 0) is 6.16 Å². The first-order valence-electron chi connectivity index (χ1n) is 9.73. The van der Waals surface area contributed by atoms with Crippen molar-refractivity contribution in [2.24, 2.45) is 0 Å². The van der Waals surface area contributed by atoms with Gasteiger partial charge < -0.3 is 0 Å². The quantitative estimate of drug-likeness (QED) is 0.372. The monoisotopic (exact) mass is 418 g/mol. The molecular formula is C26H24ClOP. The average molecular weight is 419 g/mol. The Bertz CT molecular complexity index is 969. The summed E-state index contributed by atoms with van der Waals surface area (Å²) in [5, 5.41) is 4.86. The zero-order valence-corrected chi connectivity index (χ0v) is 18.1. The first-order chi connectivity index (χ1) is 14.2. The van der Waals surface area contributed by atoms with Crippen LogP contribution < -0.4 is 20.7 Å². The van der Waals surface area contributed by atoms with Gasteiger partial charge >= 0.3 is 178 Å². The summed E-state index contributed by atoms with van der Waals surface area (Å²) in [5.41, 5.74) is 1.14. The standard InChI is InChI=1S/C26H24ClOP/c1-28-26-18-17-22(27)19-21(26)20-29(23-11-5-2-6-12-23,24-13-7-3-8-14-24)25-15-9-4-10-16-25/h2-19,29H,20H2,1H3. The van der Waals surface area contributed by atoms with Gasteiger partial charge in [0.05, 0.1) is 0 Å². The number of hydrogen-bond donors (Lipinski definition) is 0. The van der Waals surface area contributed by atoms with Crippen LogP contribution in [0.25, 0.3) is 0 Å². The van der Waals surface area contributed by atoms with E-state index < -0.39 is 7.26 Å². The second kappa shape index (κ2) is 8.82. The average Bonchev–Trinajstić information content (AvgIpc) is 2.79. The molecule has 0 saturated carbocycles. The molecule has 3 heteroatoms. The van der Waals surface area contributed by atoms with Gasteiger partial charge in [-0.1, -0.05) is 0 Å². The van der Waals surface area contributed by atoms with Gasteiger partial charge in [0.15, 0.2) is 0 Å². The van der Waals surface area contributed by atoms with Crippen molar-refractivity contribution in [3.63, 3.8) is 0 Å². The van der Waals surface area contributed by atoms with E-state index in [4.69, 9.17) is 16.3 Å². The summed E-state index contributed by atoms with van der Waals surface area (Å²) >= 11 is 6.40. The van der Waals surface area contributed by atoms with Crippen molar-refractivity contribution in [1.29, 1.82) is 0 Å². The summed E-state index contributed by atoms with van der Waals surface area (Å²) in [4.78, 5) is 0. The Balaban J connectivity index is 2.02. The minimum absolute atomic E-state index is 0.734. The minimum atomic E-state index is -2.37. The first kappa shape index (κ1) is 19.7. The Morgan fingerprint density at radius 1 is 0.655 bits per heavy atom. The third-order valence-electron chi connectivity index (χ3n) is 5.50. The summed E-state index contributed by atoms with van der Waals surface area (Å²) < 4.78 is 5.72. The normalized spacial score (nSPS) is 11.8. The van der Waals surface area contributed by atoms with Crippen LogP contribution in [0.4, 0.5) is 0 Å². The molecule has 0 aliphatic heterocycles. The van der Waals surface area contributed by atoms with Gasteiger partial charge in [-0.15, -0.1) is 0 Å². The van der Waals surface area contributed by atoms with E-state index >= 15 is 0 Å². The molecule has 0 N–H and O–H groups in total. The van der Waals surface area contributed by atoms with E-state index in [1.54, 1.807) is 7.11 Å². The zero-order valence-electron chi connectivity index (χ0n) is 16.4. The fourth-order valence-electron chi connectivity index (χ4n) is 4.15. The van der Waals surface area contributed by atoms with E-state index in [0.29, 0.717) is 0 Å². The van der Waals surface area contributed by atoms with E-state index in [-0.39, 0.29) is 0 Å². The van der Waals surface area contributed by atoms with Gasteiger partial charge in [-0.3, -0.25) is 0 Å². The van der Waals surface area contributed by atoms with Crippen molar-refractivity contribution in [3.8, 4) is 5.75 Å². The molecule has 0 aliphatic carbocycles. The summed E-state index contributed by atoms with van der Waals surface area (Å²) in [6.07, 6.45) is 0.870. The van der Waals surface area contributed by atoms with Crippen LogP contribution in [0.5, 0.6) is 5.75 Å². The van der Waals surface area contributed by atoms with Crippen LogP contribution in [0.2, 0.25) is 5.02 Å². The first-order valence-corrected chi connectivity index (χ1v) is 12.3. The van der Waals surface area contributed by atoms with Gasteiger partial charge in [-0.25, -0.2) is 0 Å². The summed E-state index contributed by atoms with van der Waals surface area (Å²) in [5.74, 6) is 0.883. The molecule has 4 rings (SSSR count). The second-order valence-corrected chi connectivity index (χ2v) is 11.5. The van der Waals surface area contributed by atoms with Crippen LogP contribution in [-0.4, -0.2) is 7.11 Å². The summed E-state index contributed by atoms with van der Waals surface area (Å²) in [6.45, 7) is 0. The second-order valence-electron chi connectivity index (χ2n) is 7.14. The van der Waals surface area contributed by atoms with Gasteiger partial charge in [-0.05, 0) is 0 Å². The fourth-order valence-corrected chi connectivity index (χ4v) is 9.08.